The molecule has 3 aromatic rings. The van der Waals surface area contributed by atoms with Gasteiger partial charge in [0.15, 0.2) is 0 Å². The minimum absolute atomic E-state index is 0.0174. The normalized spacial score (nSPS) is 15.3. The lowest BCUT2D eigenvalue weighted by Crippen LogP contribution is -2.53. The van der Waals surface area contributed by atoms with Gasteiger partial charge in [-0.1, -0.05) is 23.7 Å². The first-order valence-electron chi connectivity index (χ1n) is 12.6. The number of nitrogens with one attached hydrogen (secondary N) is 1. The van der Waals surface area contributed by atoms with Crippen LogP contribution in [0, 0.1) is 20.8 Å². The van der Waals surface area contributed by atoms with Crippen LogP contribution in [0.2, 0.25) is 5.02 Å². The lowest BCUT2D eigenvalue weighted by atomic mass is 9.95. The summed E-state index contributed by atoms with van der Waals surface area (Å²) in [6.07, 6.45) is 0.987. The second kappa shape index (κ2) is 10.3. The minimum Gasteiger partial charge on any atom is -0.492 e. The fraction of sp³-hybridized carbons (Fsp3) is 0.414. The Hall–Kier alpha value is -3.52. The van der Waals surface area contributed by atoms with Gasteiger partial charge in [-0.25, -0.2) is 9.59 Å². The largest absolute Gasteiger partial charge is 0.492 e. The molecule has 2 heterocycles. The number of likely N-dealkylation sites (tertiary alicyclic amines) is 1. The molecule has 0 bridgehead atoms. The molecule has 1 aliphatic heterocycles. The molecule has 0 spiro atoms. The molecule has 0 saturated carbocycles. The number of carbonyl (C=O) groups excluding carboxylic acids is 1. The van der Waals surface area contributed by atoms with Gasteiger partial charge in [0.05, 0.1) is 28.3 Å². The summed E-state index contributed by atoms with van der Waals surface area (Å²) in [5.74, 6) is -0.895. The van der Waals surface area contributed by atoms with Gasteiger partial charge in [0.1, 0.15) is 11.4 Å². The molecule has 0 radical (unpaired) electrons. The number of halogens is 1. The Kier molecular flexibility index (Phi) is 7.48. The highest BCUT2D eigenvalue weighted by molar-refractivity contribution is 6.34. The number of H-pyrrole nitrogens is 1. The number of carbonyl (C=O) groups is 2. The lowest BCUT2D eigenvalue weighted by Gasteiger charge is -2.41. The van der Waals surface area contributed by atoms with E-state index in [4.69, 9.17) is 21.1 Å². The van der Waals surface area contributed by atoms with E-state index in [1.165, 1.54) is 12.1 Å². The fourth-order valence-corrected chi connectivity index (χ4v) is 4.89. The predicted molar refractivity (Wildman–Crippen MR) is 148 cm³/mol. The van der Waals surface area contributed by atoms with Gasteiger partial charge in [-0.15, -0.1) is 0 Å². The number of aromatic carboxylic acids is 1. The highest BCUT2D eigenvalue weighted by atomic mass is 35.5. The maximum Gasteiger partial charge on any atom is 0.410 e. The number of ether oxygens (including phenoxy) is 2. The number of hydrogen-bond donors (Lipinski definition) is 2. The monoisotopic (exact) mass is 540 g/mol. The zero-order valence-corrected chi connectivity index (χ0v) is 23.3. The SMILES string of the molecule is Cc1cc(-c2c(OCC[C@@H]3CCN3C(=O)OC(C)(C)C)c3cc(C(=O)O)c(Cl)cc3[nH]c2=O)cc(C)c1C. The van der Waals surface area contributed by atoms with Gasteiger partial charge in [-0.3, -0.25) is 4.79 Å². The Bertz CT molecular complexity index is 1460. The quantitative estimate of drug-likeness (QED) is 0.382. The second-order valence-electron chi connectivity index (χ2n) is 10.8. The number of carboxylic acids is 1. The van der Waals surface area contributed by atoms with E-state index in [0.717, 1.165) is 23.1 Å². The second-order valence-corrected chi connectivity index (χ2v) is 11.2. The standard InChI is InChI=1S/C29H33ClN2O6/c1-15-11-18(12-16(2)17(15)3)24-25(21-13-20(27(34)35)22(30)14-23(21)31-26(24)33)37-10-8-19-7-9-32(19)28(36)38-29(4,5)6/h11-14,19H,7-10H2,1-6H3,(H,31,33)(H,34,35)/t19-/m0/s1. The van der Waals surface area contributed by atoms with Crippen LogP contribution in [0.15, 0.2) is 29.1 Å². The molecule has 2 N–H and O–H groups in total. The molecule has 38 heavy (non-hydrogen) atoms. The molecule has 1 aliphatic rings. The van der Waals surface area contributed by atoms with Crippen molar-refractivity contribution in [1.29, 1.82) is 0 Å². The molecular weight excluding hydrogens is 508 g/mol. The van der Waals surface area contributed by atoms with E-state index < -0.39 is 11.6 Å². The van der Waals surface area contributed by atoms with E-state index in [1.54, 1.807) is 4.90 Å². The smallest absolute Gasteiger partial charge is 0.410 e. The van der Waals surface area contributed by atoms with Crippen LogP contribution in [0.5, 0.6) is 5.75 Å². The molecule has 1 atom stereocenters. The summed E-state index contributed by atoms with van der Waals surface area (Å²) in [7, 11) is 0. The Labute approximate surface area is 226 Å². The summed E-state index contributed by atoms with van der Waals surface area (Å²) in [5.41, 5.74) is 3.51. The molecule has 1 aromatic heterocycles. The van der Waals surface area contributed by atoms with Crippen molar-refractivity contribution in [1.82, 2.24) is 9.88 Å². The van der Waals surface area contributed by atoms with E-state index >= 15 is 0 Å². The van der Waals surface area contributed by atoms with Gasteiger partial charge in [0.25, 0.3) is 5.56 Å². The number of amides is 1. The number of aryl methyl sites for hydroxylation is 2. The van der Waals surface area contributed by atoms with Crippen LogP contribution in [0.4, 0.5) is 4.79 Å². The Balaban J connectivity index is 1.73. The molecule has 0 aliphatic carbocycles. The van der Waals surface area contributed by atoms with Crippen molar-refractivity contribution in [2.24, 2.45) is 0 Å². The molecule has 202 valence electrons. The molecule has 4 rings (SSSR count). The number of rotatable bonds is 6. The Morgan fingerprint density at radius 2 is 1.79 bits per heavy atom. The number of carboxylic acid groups (broad SMARTS) is 1. The van der Waals surface area contributed by atoms with Crippen molar-refractivity contribution in [3.63, 3.8) is 0 Å². The molecule has 2 aromatic carbocycles. The molecule has 0 unspecified atom stereocenters. The fourth-order valence-electron chi connectivity index (χ4n) is 4.64. The van der Waals surface area contributed by atoms with E-state index in [0.29, 0.717) is 35.0 Å². The van der Waals surface area contributed by atoms with Gasteiger partial charge in [-0.2, -0.15) is 0 Å². The minimum atomic E-state index is -1.18. The van der Waals surface area contributed by atoms with Gasteiger partial charge < -0.3 is 24.5 Å². The lowest BCUT2D eigenvalue weighted by molar-refractivity contribution is -0.00866. The van der Waals surface area contributed by atoms with E-state index in [2.05, 4.69) is 4.98 Å². The summed E-state index contributed by atoms with van der Waals surface area (Å²) in [4.78, 5) is 42.2. The third kappa shape index (κ3) is 5.50. The average molecular weight is 541 g/mol. The third-order valence-electron chi connectivity index (χ3n) is 6.97. The third-order valence-corrected chi connectivity index (χ3v) is 7.28. The highest BCUT2D eigenvalue weighted by Gasteiger charge is 2.35. The first kappa shape index (κ1) is 27.5. The van der Waals surface area contributed by atoms with Crippen LogP contribution < -0.4 is 10.3 Å². The molecular formula is C29H33ClN2O6. The molecule has 1 fully saturated rings. The molecule has 1 amide bonds. The van der Waals surface area contributed by atoms with Crippen molar-refractivity contribution in [3.8, 4) is 16.9 Å². The van der Waals surface area contributed by atoms with Crippen LogP contribution in [0.3, 0.4) is 0 Å². The van der Waals surface area contributed by atoms with Gasteiger partial charge in [-0.05, 0) is 82.3 Å². The van der Waals surface area contributed by atoms with Gasteiger partial charge >= 0.3 is 12.1 Å². The molecule has 1 saturated heterocycles. The average Bonchev–Trinajstić information content (AvgIpc) is 2.77. The first-order chi connectivity index (χ1) is 17.8. The summed E-state index contributed by atoms with van der Waals surface area (Å²) in [5, 5.41) is 10.1. The van der Waals surface area contributed by atoms with Crippen molar-refractivity contribution < 1.29 is 24.2 Å². The van der Waals surface area contributed by atoms with Crippen molar-refractivity contribution in [3.05, 3.63) is 61.9 Å². The maximum atomic E-state index is 13.4. The number of fused-ring (bicyclic) bond motifs is 1. The molecule has 9 heteroatoms. The predicted octanol–water partition coefficient (Wildman–Crippen LogP) is 6.25. The van der Waals surface area contributed by atoms with E-state index in [9.17, 15) is 19.5 Å². The first-order valence-corrected chi connectivity index (χ1v) is 13.0. The summed E-state index contributed by atoms with van der Waals surface area (Å²) < 4.78 is 11.8. The van der Waals surface area contributed by atoms with Gasteiger partial charge in [0.2, 0.25) is 0 Å². The summed E-state index contributed by atoms with van der Waals surface area (Å²) in [6, 6.07) is 6.67. The van der Waals surface area contributed by atoms with E-state index in [1.807, 2.05) is 53.7 Å². The number of pyridine rings is 1. The topological polar surface area (TPSA) is 109 Å². The van der Waals surface area contributed by atoms with Crippen molar-refractivity contribution >= 4 is 34.6 Å². The number of nitrogens with zero attached hydrogens (tertiary/aromatic N) is 1. The van der Waals surface area contributed by atoms with Crippen LogP contribution in [0.25, 0.3) is 22.0 Å². The highest BCUT2D eigenvalue weighted by Crippen LogP contribution is 2.37. The van der Waals surface area contributed by atoms with Crippen molar-refractivity contribution in [2.45, 2.75) is 66.0 Å². The molecule has 8 nitrogen and oxygen atoms in total. The Morgan fingerprint density at radius 1 is 1.13 bits per heavy atom. The summed E-state index contributed by atoms with van der Waals surface area (Å²) in [6.45, 7) is 12.3. The Morgan fingerprint density at radius 3 is 2.34 bits per heavy atom. The van der Waals surface area contributed by atoms with Crippen LogP contribution in [-0.2, 0) is 4.74 Å². The summed E-state index contributed by atoms with van der Waals surface area (Å²) >= 11 is 6.19. The van der Waals surface area contributed by atoms with Crippen LogP contribution >= 0.6 is 11.6 Å². The maximum absolute atomic E-state index is 13.4. The zero-order chi connectivity index (χ0) is 27.9. The number of benzene rings is 2. The number of hydrogen-bond acceptors (Lipinski definition) is 5. The van der Waals surface area contributed by atoms with E-state index in [-0.39, 0.29) is 40.6 Å². The van der Waals surface area contributed by atoms with Gasteiger partial charge in [0, 0.05) is 24.4 Å². The van der Waals surface area contributed by atoms with Crippen LogP contribution in [-0.4, -0.2) is 51.8 Å². The zero-order valence-electron chi connectivity index (χ0n) is 22.5. The van der Waals surface area contributed by atoms with Crippen molar-refractivity contribution in [2.75, 3.05) is 13.2 Å². The number of aromatic amines is 1. The number of aromatic nitrogens is 1. The van der Waals surface area contributed by atoms with Crippen LogP contribution in [0.1, 0.15) is 60.7 Å².